The van der Waals surface area contributed by atoms with Crippen molar-refractivity contribution in [1.82, 2.24) is 9.78 Å². The zero-order chi connectivity index (χ0) is 11.7. The molecule has 0 bridgehead atoms. The summed E-state index contributed by atoms with van der Waals surface area (Å²) < 4.78 is 3.07. The molecule has 2 N–H and O–H groups in total. The highest BCUT2D eigenvalue weighted by atomic mass is 79.9. The summed E-state index contributed by atoms with van der Waals surface area (Å²) in [6.45, 7) is 4.61. The second-order valence-electron chi connectivity index (χ2n) is 3.74. The minimum Gasteiger partial charge on any atom is -0.328 e. The average molecular weight is 300 g/mol. The summed E-state index contributed by atoms with van der Waals surface area (Å²) >= 11 is 5.23. The molecule has 86 valence electrons. The van der Waals surface area contributed by atoms with Crippen LogP contribution in [0.2, 0.25) is 0 Å². The molecule has 5 heteroatoms. The second kappa shape index (κ2) is 4.69. The number of nitrogens with two attached hydrogens (primary N) is 1. The molecule has 1 atom stereocenters. The summed E-state index contributed by atoms with van der Waals surface area (Å²) in [5, 5.41) is 8.73. The Hall–Kier alpha value is -0.650. The third-order valence-corrected chi connectivity index (χ3v) is 4.53. The van der Waals surface area contributed by atoms with Gasteiger partial charge in [-0.1, -0.05) is 0 Å². The van der Waals surface area contributed by atoms with Gasteiger partial charge < -0.3 is 5.73 Å². The normalized spacial score (nSPS) is 13.0. The van der Waals surface area contributed by atoms with E-state index in [2.05, 4.69) is 44.8 Å². The molecule has 0 aromatic carbocycles. The van der Waals surface area contributed by atoms with Crippen molar-refractivity contribution >= 4 is 27.3 Å². The smallest absolute Gasteiger partial charge is 0.0902 e. The van der Waals surface area contributed by atoms with E-state index in [0.29, 0.717) is 6.54 Å². The second-order valence-corrected chi connectivity index (χ2v) is 5.31. The van der Waals surface area contributed by atoms with Crippen LogP contribution in [0.1, 0.15) is 23.0 Å². The Balaban J connectivity index is 2.45. The Kier molecular flexibility index (Phi) is 3.47. The van der Waals surface area contributed by atoms with Gasteiger partial charge in [0.2, 0.25) is 0 Å². The molecule has 2 heterocycles. The van der Waals surface area contributed by atoms with Crippen molar-refractivity contribution in [2.45, 2.75) is 19.9 Å². The first-order valence-electron chi connectivity index (χ1n) is 5.08. The van der Waals surface area contributed by atoms with Crippen LogP contribution in [0, 0.1) is 13.8 Å². The van der Waals surface area contributed by atoms with Gasteiger partial charge in [0.05, 0.1) is 21.9 Å². The van der Waals surface area contributed by atoms with Crippen LogP contribution in [0.15, 0.2) is 21.3 Å². The van der Waals surface area contributed by atoms with Crippen LogP contribution in [-0.4, -0.2) is 16.3 Å². The predicted octanol–water partition coefficient (Wildman–Crippen LogP) is 2.87. The molecule has 0 amide bonds. The van der Waals surface area contributed by atoms with E-state index in [-0.39, 0.29) is 6.04 Å². The SMILES string of the molecule is Cc1nn(C(CN)c2ccsc2)c(C)c1Br. The maximum absolute atomic E-state index is 5.85. The summed E-state index contributed by atoms with van der Waals surface area (Å²) in [6.07, 6.45) is 0. The van der Waals surface area contributed by atoms with E-state index < -0.39 is 0 Å². The summed E-state index contributed by atoms with van der Waals surface area (Å²) in [7, 11) is 0. The molecule has 2 aromatic heterocycles. The molecule has 0 aliphatic heterocycles. The van der Waals surface area contributed by atoms with Gasteiger partial charge in [-0.15, -0.1) is 0 Å². The van der Waals surface area contributed by atoms with Crippen LogP contribution in [0.4, 0.5) is 0 Å². The maximum atomic E-state index is 5.85. The fourth-order valence-electron chi connectivity index (χ4n) is 1.79. The van der Waals surface area contributed by atoms with Crippen molar-refractivity contribution < 1.29 is 0 Å². The number of aromatic nitrogens is 2. The van der Waals surface area contributed by atoms with Gasteiger partial charge in [0, 0.05) is 6.54 Å². The van der Waals surface area contributed by atoms with Gasteiger partial charge in [-0.25, -0.2) is 0 Å². The van der Waals surface area contributed by atoms with E-state index in [1.165, 1.54) is 5.56 Å². The Labute approximate surface area is 107 Å². The molecule has 0 saturated heterocycles. The van der Waals surface area contributed by atoms with Gasteiger partial charge in [0.15, 0.2) is 0 Å². The van der Waals surface area contributed by atoms with E-state index in [1.54, 1.807) is 11.3 Å². The molecule has 2 rings (SSSR count). The average Bonchev–Trinajstić information content (AvgIpc) is 2.86. The fraction of sp³-hybridized carbons (Fsp3) is 0.364. The number of hydrogen-bond donors (Lipinski definition) is 1. The quantitative estimate of drug-likeness (QED) is 0.947. The Morgan fingerprint density at radius 1 is 1.56 bits per heavy atom. The van der Waals surface area contributed by atoms with E-state index in [1.807, 2.05) is 11.6 Å². The fourth-order valence-corrected chi connectivity index (χ4v) is 2.76. The third kappa shape index (κ3) is 1.95. The van der Waals surface area contributed by atoms with E-state index in [4.69, 9.17) is 5.73 Å². The topological polar surface area (TPSA) is 43.8 Å². The highest BCUT2D eigenvalue weighted by Gasteiger charge is 2.18. The molecule has 16 heavy (non-hydrogen) atoms. The molecule has 0 spiro atoms. The van der Waals surface area contributed by atoms with Crippen LogP contribution in [0.5, 0.6) is 0 Å². The van der Waals surface area contributed by atoms with Gasteiger partial charge in [-0.2, -0.15) is 16.4 Å². The highest BCUT2D eigenvalue weighted by molar-refractivity contribution is 9.10. The standard InChI is InChI=1S/C11H14BrN3S/c1-7-11(12)8(2)15(14-7)10(5-13)9-3-4-16-6-9/h3-4,6,10H,5,13H2,1-2H3. The van der Waals surface area contributed by atoms with Crippen LogP contribution in [-0.2, 0) is 0 Å². The lowest BCUT2D eigenvalue weighted by Gasteiger charge is -2.16. The summed E-state index contributed by atoms with van der Waals surface area (Å²) in [6, 6.07) is 2.24. The molecule has 3 nitrogen and oxygen atoms in total. The number of thiophene rings is 1. The van der Waals surface area contributed by atoms with Gasteiger partial charge in [0.25, 0.3) is 0 Å². The number of hydrogen-bond acceptors (Lipinski definition) is 3. The van der Waals surface area contributed by atoms with Gasteiger partial charge in [0.1, 0.15) is 0 Å². The van der Waals surface area contributed by atoms with Crippen molar-refractivity contribution in [3.05, 3.63) is 38.3 Å². The Morgan fingerprint density at radius 2 is 2.31 bits per heavy atom. The molecule has 0 fully saturated rings. The monoisotopic (exact) mass is 299 g/mol. The van der Waals surface area contributed by atoms with E-state index >= 15 is 0 Å². The van der Waals surface area contributed by atoms with Crippen LogP contribution in [0.3, 0.4) is 0 Å². The number of nitrogens with zero attached hydrogens (tertiary/aromatic N) is 2. The minimum atomic E-state index is 0.135. The van der Waals surface area contributed by atoms with Gasteiger partial charge in [-0.3, -0.25) is 4.68 Å². The molecule has 1 unspecified atom stereocenters. The van der Waals surface area contributed by atoms with E-state index in [9.17, 15) is 0 Å². The van der Waals surface area contributed by atoms with Crippen LogP contribution < -0.4 is 5.73 Å². The zero-order valence-corrected chi connectivity index (χ0v) is 11.7. The summed E-state index contributed by atoms with van der Waals surface area (Å²) in [4.78, 5) is 0. The van der Waals surface area contributed by atoms with Crippen molar-refractivity contribution in [1.29, 1.82) is 0 Å². The number of halogens is 1. The first-order valence-corrected chi connectivity index (χ1v) is 6.82. The van der Waals surface area contributed by atoms with Crippen molar-refractivity contribution in [2.24, 2.45) is 5.73 Å². The minimum absolute atomic E-state index is 0.135. The molecular weight excluding hydrogens is 286 g/mol. The lowest BCUT2D eigenvalue weighted by Crippen LogP contribution is -2.22. The molecule has 0 radical (unpaired) electrons. The Morgan fingerprint density at radius 3 is 2.75 bits per heavy atom. The molecular formula is C11H14BrN3S. The van der Waals surface area contributed by atoms with Gasteiger partial charge in [-0.05, 0) is 52.2 Å². The van der Waals surface area contributed by atoms with Gasteiger partial charge >= 0.3 is 0 Å². The summed E-state index contributed by atoms with van der Waals surface area (Å²) in [5.41, 5.74) is 9.21. The lowest BCUT2D eigenvalue weighted by atomic mass is 10.1. The van der Waals surface area contributed by atoms with Crippen LogP contribution >= 0.6 is 27.3 Å². The summed E-state index contributed by atoms with van der Waals surface area (Å²) in [5.74, 6) is 0. The Bertz CT molecular complexity index is 476. The first-order chi connectivity index (χ1) is 7.65. The lowest BCUT2D eigenvalue weighted by molar-refractivity contribution is 0.517. The maximum Gasteiger partial charge on any atom is 0.0902 e. The number of aryl methyl sites for hydroxylation is 1. The third-order valence-electron chi connectivity index (χ3n) is 2.68. The highest BCUT2D eigenvalue weighted by Crippen LogP contribution is 2.26. The van der Waals surface area contributed by atoms with Crippen LogP contribution in [0.25, 0.3) is 0 Å². The molecule has 0 aliphatic rings. The first kappa shape index (κ1) is 11.8. The van der Waals surface area contributed by atoms with Crippen molar-refractivity contribution in [3.63, 3.8) is 0 Å². The zero-order valence-electron chi connectivity index (χ0n) is 9.27. The molecule has 0 aliphatic carbocycles. The predicted molar refractivity (Wildman–Crippen MR) is 70.9 cm³/mol. The van der Waals surface area contributed by atoms with E-state index in [0.717, 1.165) is 15.9 Å². The largest absolute Gasteiger partial charge is 0.328 e. The van der Waals surface area contributed by atoms with Crippen molar-refractivity contribution in [2.75, 3.05) is 6.54 Å². The molecule has 2 aromatic rings. The van der Waals surface area contributed by atoms with Crippen molar-refractivity contribution in [3.8, 4) is 0 Å². The number of rotatable bonds is 3. The molecule has 0 saturated carbocycles.